The van der Waals surface area contributed by atoms with E-state index < -0.39 is 0 Å². The van der Waals surface area contributed by atoms with Crippen LogP contribution in [0.25, 0.3) is 10.2 Å². The van der Waals surface area contributed by atoms with Crippen molar-refractivity contribution in [3.8, 4) is 0 Å². The van der Waals surface area contributed by atoms with Crippen LogP contribution in [-0.4, -0.2) is 33.4 Å². The molecule has 3 rings (SSSR count). The number of hydrogen-bond donors (Lipinski definition) is 1. The largest absolute Gasteiger partial charge is 0.340 e. The Morgan fingerprint density at radius 1 is 1.38 bits per heavy atom. The first-order chi connectivity index (χ1) is 11.4. The quantitative estimate of drug-likeness (QED) is 0.927. The third-order valence-corrected chi connectivity index (χ3v) is 6.46. The minimum atomic E-state index is -0.0933. The Balaban J connectivity index is 1.74. The summed E-state index contributed by atoms with van der Waals surface area (Å²) in [5, 5.41) is 0.686. The average Bonchev–Trinajstić information content (AvgIpc) is 2.82. The molecular formula is C18H25N3O2S. The second-order valence-electron chi connectivity index (χ2n) is 6.92. The Morgan fingerprint density at radius 2 is 2.12 bits per heavy atom. The summed E-state index contributed by atoms with van der Waals surface area (Å²) in [6, 6.07) is 0.295. The second-order valence-corrected chi connectivity index (χ2v) is 8.13. The van der Waals surface area contributed by atoms with Gasteiger partial charge < -0.3 is 9.88 Å². The maximum absolute atomic E-state index is 12.5. The van der Waals surface area contributed by atoms with Crippen LogP contribution in [-0.2, 0) is 11.2 Å². The van der Waals surface area contributed by atoms with Crippen molar-refractivity contribution in [2.24, 2.45) is 5.92 Å². The predicted octanol–water partition coefficient (Wildman–Crippen LogP) is 3.18. The van der Waals surface area contributed by atoms with Gasteiger partial charge in [0.15, 0.2) is 0 Å². The van der Waals surface area contributed by atoms with E-state index in [1.165, 1.54) is 6.42 Å². The van der Waals surface area contributed by atoms with Crippen molar-refractivity contribution in [1.82, 2.24) is 14.9 Å². The monoisotopic (exact) mass is 347 g/mol. The molecule has 2 aromatic rings. The van der Waals surface area contributed by atoms with E-state index in [0.717, 1.165) is 28.2 Å². The van der Waals surface area contributed by atoms with E-state index in [-0.39, 0.29) is 11.5 Å². The molecule has 1 amide bonds. The van der Waals surface area contributed by atoms with Gasteiger partial charge in [0, 0.05) is 30.3 Å². The molecule has 0 aliphatic carbocycles. The molecule has 0 radical (unpaired) electrons. The number of thiophene rings is 1. The lowest BCUT2D eigenvalue weighted by atomic mass is 9.92. The van der Waals surface area contributed by atoms with Crippen molar-refractivity contribution in [3.05, 3.63) is 26.6 Å². The van der Waals surface area contributed by atoms with E-state index in [4.69, 9.17) is 0 Å². The number of nitrogens with zero attached hydrogens (tertiary/aromatic N) is 2. The highest BCUT2D eigenvalue weighted by molar-refractivity contribution is 7.18. The first-order valence-electron chi connectivity index (χ1n) is 8.67. The molecule has 24 heavy (non-hydrogen) atoms. The highest BCUT2D eigenvalue weighted by Crippen LogP contribution is 2.26. The molecule has 2 unspecified atom stereocenters. The van der Waals surface area contributed by atoms with Gasteiger partial charge in [0.1, 0.15) is 10.7 Å². The molecule has 0 saturated carbocycles. The molecule has 2 aromatic heterocycles. The molecule has 3 heterocycles. The number of rotatable bonds is 3. The van der Waals surface area contributed by atoms with Gasteiger partial charge in [0.05, 0.1) is 5.39 Å². The topological polar surface area (TPSA) is 66.1 Å². The van der Waals surface area contributed by atoms with Crippen molar-refractivity contribution in [1.29, 1.82) is 0 Å². The molecule has 6 heteroatoms. The van der Waals surface area contributed by atoms with Crippen molar-refractivity contribution < 1.29 is 4.79 Å². The van der Waals surface area contributed by atoms with Crippen molar-refractivity contribution in [3.63, 3.8) is 0 Å². The smallest absolute Gasteiger partial charge is 0.259 e. The minimum Gasteiger partial charge on any atom is -0.340 e. The first kappa shape index (κ1) is 17.1. The van der Waals surface area contributed by atoms with Crippen LogP contribution in [0.5, 0.6) is 0 Å². The van der Waals surface area contributed by atoms with Crippen molar-refractivity contribution in [2.75, 3.05) is 6.54 Å². The zero-order valence-electron chi connectivity index (χ0n) is 14.8. The highest BCUT2D eigenvalue weighted by Gasteiger charge is 2.28. The molecule has 1 aliphatic rings. The van der Waals surface area contributed by atoms with Crippen LogP contribution in [0, 0.1) is 19.8 Å². The molecular weight excluding hydrogens is 322 g/mol. The number of aromatic amines is 1. The van der Waals surface area contributed by atoms with Crippen LogP contribution in [0.3, 0.4) is 0 Å². The lowest BCUT2D eigenvalue weighted by molar-refractivity contribution is -0.135. The fourth-order valence-electron chi connectivity index (χ4n) is 3.47. The van der Waals surface area contributed by atoms with Crippen LogP contribution >= 0.6 is 11.3 Å². The minimum absolute atomic E-state index is 0.0933. The van der Waals surface area contributed by atoms with Gasteiger partial charge in [-0.15, -0.1) is 11.3 Å². The Morgan fingerprint density at radius 3 is 2.88 bits per heavy atom. The molecule has 1 fully saturated rings. The van der Waals surface area contributed by atoms with Gasteiger partial charge in [0.25, 0.3) is 5.56 Å². The maximum Gasteiger partial charge on any atom is 0.259 e. The van der Waals surface area contributed by atoms with Crippen LogP contribution in [0.15, 0.2) is 4.79 Å². The zero-order valence-corrected chi connectivity index (χ0v) is 15.6. The Hall–Kier alpha value is -1.69. The summed E-state index contributed by atoms with van der Waals surface area (Å²) in [4.78, 5) is 36.1. The van der Waals surface area contributed by atoms with Crippen LogP contribution in [0.4, 0.5) is 0 Å². The molecule has 130 valence electrons. The molecule has 0 spiro atoms. The third-order valence-electron chi connectivity index (χ3n) is 5.36. The summed E-state index contributed by atoms with van der Waals surface area (Å²) in [7, 11) is 0. The van der Waals surface area contributed by atoms with E-state index in [9.17, 15) is 9.59 Å². The van der Waals surface area contributed by atoms with Crippen molar-refractivity contribution in [2.45, 2.75) is 59.4 Å². The van der Waals surface area contributed by atoms with Crippen LogP contribution in [0.2, 0.25) is 0 Å². The molecule has 2 atom stereocenters. The number of H-pyrrole nitrogens is 1. The molecule has 0 aromatic carbocycles. The predicted molar refractivity (Wildman–Crippen MR) is 97.6 cm³/mol. The number of carbonyl (C=O) groups excluding carboxylic acids is 1. The molecule has 1 N–H and O–H groups in total. The molecule has 5 nitrogen and oxygen atoms in total. The van der Waals surface area contributed by atoms with Gasteiger partial charge in [-0.1, -0.05) is 6.92 Å². The summed E-state index contributed by atoms with van der Waals surface area (Å²) in [5.41, 5.74) is 0.909. The lowest BCUT2D eigenvalue weighted by Gasteiger charge is -2.38. The van der Waals surface area contributed by atoms with Gasteiger partial charge in [0.2, 0.25) is 5.91 Å². The average molecular weight is 347 g/mol. The third kappa shape index (κ3) is 3.11. The van der Waals surface area contributed by atoms with Crippen molar-refractivity contribution >= 4 is 27.5 Å². The van der Waals surface area contributed by atoms with Crippen LogP contribution in [0.1, 0.15) is 49.4 Å². The summed E-state index contributed by atoms with van der Waals surface area (Å²) in [6.07, 6.45) is 3.14. The summed E-state index contributed by atoms with van der Waals surface area (Å²) < 4.78 is 0. The Kier molecular flexibility index (Phi) is 4.76. The summed E-state index contributed by atoms with van der Waals surface area (Å²) in [5.74, 6) is 1.32. The number of fused-ring (bicyclic) bond motifs is 1. The number of hydrogen-bond acceptors (Lipinski definition) is 4. The summed E-state index contributed by atoms with van der Waals surface area (Å²) >= 11 is 1.54. The van der Waals surface area contributed by atoms with Gasteiger partial charge in [-0.05, 0) is 45.1 Å². The SMILES string of the molecule is Cc1sc2nc(CCC(=O)N3CCCC(C)C3C)[nH]c(=O)c2c1C. The normalized spacial score (nSPS) is 21.4. The van der Waals surface area contributed by atoms with Gasteiger partial charge in [-0.3, -0.25) is 9.59 Å². The van der Waals surface area contributed by atoms with Gasteiger partial charge >= 0.3 is 0 Å². The van der Waals surface area contributed by atoms with Crippen LogP contribution < -0.4 is 5.56 Å². The zero-order chi connectivity index (χ0) is 17.4. The van der Waals surface area contributed by atoms with E-state index in [2.05, 4.69) is 23.8 Å². The van der Waals surface area contributed by atoms with E-state index >= 15 is 0 Å². The maximum atomic E-state index is 12.5. The Labute approximate surface area is 146 Å². The highest BCUT2D eigenvalue weighted by atomic mass is 32.1. The fourth-order valence-corrected chi connectivity index (χ4v) is 4.52. The van der Waals surface area contributed by atoms with E-state index in [0.29, 0.717) is 36.0 Å². The number of piperidine rings is 1. The number of aryl methyl sites for hydroxylation is 3. The molecule has 0 bridgehead atoms. The first-order valence-corrected chi connectivity index (χ1v) is 9.48. The van der Waals surface area contributed by atoms with Gasteiger partial charge in [-0.2, -0.15) is 0 Å². The second kappa shape index (κ2) is 6.67. The molecule has 1 aliphatic heterocycles. The fraction of sp³-hybridized carbons (Fsp3) is 0.611. The molecule has 1 saturated heterocycles. The number of carbonyl (C=O) groups is 1. The summed E-state index contributed by atoms with van der Waals surface area (Å²) in [6.45, 7) is 9.14. The number of amides is 1. The standard InChI is InChI=1S/C18H25N3O2S/c1-10-6-5-9-21(12(10)3)15(22)8-7-14-19-17(23)16-11(2)13(4)24-18(16)20-14/h10,12H,5-9H2,1-4H3,(H,19,20,23). The van der Waals surface area contributed by atoms with E-state index in [1.54, 1.807) is 11.3 Å². The number of likely N-dealkylation sites (tertiary alicyclic amines) is 1. The lowest BCUT2D eigenvalue weighted by Crippen LogP contribution is -2.46. The number of nitrogens with one attached hydrogen (secondary N) is 1. The van der Waals surface area contributed by atoms with Gasteiger partial charge in [-0.25, -0.2) is 4.98 Å². The number of aromatic nitrogens is 2. The Bertz CT molecular complexity index is 824. The van der Waals surface area contributed by atoms with E-state index in [1.807, 2.05) is 18.7 Å².